The van der Waals surface area contributed by atoms with Crippen LogP contribution < -0.4 is 5.32 Å². The third-order valence-electron chi connectivity index (χ3n) is 4.25. The number of benzene rings is 1. The number of rotatable bonds is 6. The van der Waals surface area contributed by atoms with Crippen molar-refractivity contribution in [2.24, 2.45) is 0 Å². The first kappa shape index (κ1) is 20.3. The van der Waals surface area contributed by atoms with Crippen molar-refractivity contribution in [3.05, 3.63) is 51.9 Å². The molecule has 10 heteroatoms. The number of furan rings is 1. The highest BCUT2D eigenvalue weighted by Gasteiger charge is 2.30. The van der Waals surface area contributed by atoms with E-state index in [1.54, 1.807) is 30.5 Å². The van der Waals surface area contributed by atoms with Gasteiger partial charge < -0.3 is 9.73 Å². The third kappa shape index (κ3) is 5.11. The van der Waals surface area contributed by atoms with Gasteiger partial charge in [-0.1, -0.05) is 27.5 Å². The fourth-order valence-corrected chi connectivity index (χ4v) is 5.24. The molecule has 1 aromatic heterocycles. The lowest BCUT2D eigenvalue weighted by atomic mass is 10.3. The topological polar surface area (TPSA) is 82.9 Å². The summed E-state index contributed by atoms with van der Waals surface area (Å²) >= 11 is 9.37. The van der Waals surface area contributed by atoms with Gasteiger partial charge in [-0.2, -0.15) is 4.31 Å². The van der Waals surface area contributed by atoms with Crippen molar-refractivity contribution in [3.8, 4) is 0 Å². The predicted molar refractivity (Wildman–Crippen MR) is 105 cm³/mol. The van der Waals surface area contributed by atoms with E-state index in [4.69, 9.17) is 16.0 Å². The molecule has 1 aliphatic rings. The second-order valence-electron chi connectivity index (χ2n) is 6.11. The van der Waals surface area contributed by atoms with Crippen LogP contribution in [0.15, 0.2) is 50.4 Å². The lowest BCUT2D eigenvalue weighted by Crippen LogP contribution is -2.51. The average molecular weight is 477 g/mol. The Kier molecular flexibility index (Phi) is 6.59. The summed E-state index contributed by atoms with van der Waals surface area (Å²) in [5, 5.41) is 2.97. The molecule has 1 aromatic carbocycles. The van der Waals surface area contributed by atoms with Crippen LogP contribution >= 0.6 is 27.5 Å². The summed E-state index contributed by atoms with van der Waals surface area (Å²) in [5.74, 6) is 0.560. The van der Waals surface area contributed by atoms with Crippen LogP contribution in [0.4, 0.5) is 0 Å². The highest BCUT2D eigenvalue weighted by molar-refractivity contribution is 9.10. The minimum Gasteiger partial charge on any atom is -0.467 e. The van der Waals surface area contributed by atoms with Gasteiger partial charge in [-0.15, -0.1) is 0 Å². The first-order valence-corrected chi connectivity index (χ1v) is 10.9. The number of carbonyl (C=O) groups excluding carboxylic acids is 1. The van der Waals surface area contributed by atoms with Gasteiger partial charge in [0, 0.05) is 30.7 Å². The summed E-state index contributed by atoms with van der Waals surface area (Å²) in [7, 11) is -3.66. The zero-order valence-electron chi connectivity index (χ0n) is 14.4. The van der Waals surface area contributed by atoms with Crippen LogP contribution in [-0.2, 0) is 21.4 Å². The molecule has 1 N–H and O–H groups in total. The number of hydrogen-bond acceptors (Lipinski definition) is 5. The minimum absolute atomic E-state index is 0.0945. The molecule has 0 radical (unpaired) electrons. The molecule has 146 valence electrons. The summed E-state index contributed by atoms with van der Waals surface area (Å²) in [6.07, 6.45) is 1.55. The molecule has 1 fully saturated rings. The van der Waals surface area contributed by atoms with E-state index < -0.39 is 10.0 Å². The molecule has 0 saturated carbocycles. The number of halogens is 2. The zero-order valence-corrected chi connectivity index (χ0v) is 17.6. The number of carbonyl (C=O) groups is 1. The number of nitrogens with zero attached hydrogens (tertiary/aromatic N) is 2. The monoisotopic (exact) mass is 475 g/mol. The Morgan fingerprint density at radius 1 is 1.22 bits per heavy atom. The smallest absolute Gasteiger partial charge is 0.244 e. The fraction of sp³-hybridized carbons (Fsp3) is 0.353. The normalized spacial score (nSPS) is 16.4. The molecular weight excluding hydrogens is 458 g/mol. The van der Waals surface area contributed by atoms with E-state index in [9.17, 15) is 13.2 Å². The second-order valence-corrected chi connectivity index (χ2v) is 9.34. The van der Waals surface area contributed by atoms with Crippen LogP contribution in [-0.4, -0.2) is 56.3 Å². The number of sulfonamides is 1. The molecule has 2 heterocycles. The Morgan fingerprint density at radius 2 is 1.96 bits per heavy atom. The molecule has 0 unspecified atom stereocenters. The lowest BCUT2D eigenvalue weighted by Gasteiger charge is -2.33. The van der Waals surface area contributed by atoms with Gasteiger partial charge in [0.1, 0.15) is 10.7 Å². The van der Waals surface area contributed by atoms with Crippen molar-refractivity contribution in [2.45, 2.75) is 11.4 Å². The van der Waals surface area contributed by atoms with Gasteiger partial charge in [0.15, 0.2) is 0 Å². The van der Waals surface area contributed by atoms with E-state index in [0.29, 0.717) is 38.5 Å². The van der Waals surface area contributed by atoms with Crippen molar-refractivity contribution >= 4 is 43.5 Å². The highest BCUT2D eigenvalue weighted by atomic mass is 79.9. The molecule has 7 nitrogen and oxygen atoms in total. The van der Waals surface area contributed by atoms with Crippen molar-refractivity contribution in [2.75, 3.05) is 32.7 Å². The number of amides is 1. The maximum absolute atomic E-state index is 12.8. The van der Waals surface area contributed by atoms with Crippen LogP contribution in [0, 0.1) is 0 Å². The summed E-state index contributed by atoms with van der Waals surface area (Å²) in [5.41, 5.74) is 0. The maximum atomic E-state index is 12.8. The van der Waals surface area contributed by atoms with Crippen LogP contribution in [0.2, 0.25) is 5.02 Å². The first-order chi connectivity index (χ1) is 12.9. The number of hydrogen-bond donors (Lipinski definition) is 1. The molecule has 0 spiro atoms. The van der Waals surface area contributed by atoms with E-state index in [1.807, 2.05) is 4.90 Å². The molecule has 1 saturated heterocycles. The van der Waals surface area contributed by atoms with Crippen molar-refractivity contribution < 1.29 is 17.6 Å². The fourth-order valence-electron chi connectivity index (χ4n) is 2.81. The van der Waals surface area contributed by atoms with E-state index in [0.717, 1.165) is 4.47 Å². The van der Waals surface area contributed by atoms with Crippen LogP contribution in [0.5, 0.6) is 0 Å². The van der Waals surface area contributed by atoms with Crippen molar-refractivity contribution in [1.82, 2.24) is 14.5 Å². The maximum Gasteiger partial charge on any atom is 0.244 e. The predicted octanol–water partition coefficient (Wildman–Crippen LogP) is 2.32. The van der Waals surface area contributed by atoms with Gasteiger partial charge in [0.25, 0.3) is 0 Å². The summed E-state index contributed by atoms with van der Waals surface area (Å²) in [4.78, 5) is 14.1. The van der Waals surface area contributed by atoms with Crippen LogP contribution in [0.25, 0.3) is 0 Å². The molecular formula is C17H19BrClN3O4S. The Balaban J connectivity index is 1.52. The molecule has 1 amide bonds. The van der Waals surface area contributed by atoms with E-state index in [-0.39, 0.29) is 22.4 Å². The molecule has 0 atom stereocenters. The zero-order chi connectivity index (χ0) is 19.4. The Labute approximate surface area is 171 Å². The van der Waals surface area contributed by atoms with Gasteiger partial charge in [0.2, 0.25) is 15.9 Å². The minimum atomic E-state index is -3.66. The summed E-state index contributed by atoms with van der Waals surface area (Å²) in [6, 6.07) is 8.26. The SMILES string of the molecule is O=C(CN1CCN(S(=O)(=O)c2ccc(Br)cc2Cl)CC1)NCc1ccco1. The first-order valence-electron chi connectivity index (χ1n) is 8.33. The number of nitrogens with one attached hydrogen (secondary N) is 1. The molecule has 3 rings (SSSR count). The summed E-state index contributed by atoms with van der Waals surface area (Å²) < 4.78 is 32.9. The van der Waals surface area contributed by atoms with E-state index >= 15 is 0 Å². The Hall–Kier alpha value is -1.39. The Bertz CT molecular complexity index is 897. The van der Waals surface area contributed by atoms with Crippen molar-refractivity contribution in [1.29, 1.82) is 0 Å². The van der Waals surface area contributed by atoms with E-state index in [2.05, 4.69) is 21.2 Å². The van der Waals surface area contributed by atoms with Gasteiger partial charge in [0.05, 0.1) is 24.4 Å². The van der Waals surface area contributed by atoms with Crippen molar-refractivity contribution in [3.63, 3.8) is 0 Å². The third-order valence-corrected chi connectivity index (χ3v) is 7.12. The van der Waals surface area contributed by atoms with Gasteiger partial charge in [-0.3, -0.25) is 9.69 Å². The van der Waals surface area contributed by atoms with Crippen LogP contribution in [0.1, 0.15) is 5.76 Å². The molecule has 2 aromatic rings. The van der Waals surface area contributed by atoms with Crippen LogP contribution in [0.3, 0.4) is 0 Å². The van der Waals surface area contributed by atoms with Gasteiger partial charge in [-0.25, -0.2) is 8.42 Å². The van der Waals surface area contributed by atoms with E-state index in [1.165, 1.54) is 10.4 Å². The summed E-state index contributed by atoms with van der Waals surface area (Å²) in [6.45, 7) is 2.11. The van der Waals surface area contributed by atoms with Gasteiger partial charge >= 0.3 is 0 Å². The molecule has 0 aliphatic carbocycles. The lowest BCUT2D eigenvalue weighted by molar-refractivity contribution is -0.122. The Morgan fingerprint density at radius 3 is 2.59 bits per heavy atom. The van der Waals surface area contributed by atoms with Gasteiger partial charge in [-0.05, 0) is 30.3 Å². The quantitative estimate of drug-likeness (QED) is 0.692. The average Bonchev–Trinajstić information content (AvgIpc) is 3.14. The molecule has 27 heavy (non-hydrogen) atoms. The largest absolute Gasteiger partial charge is 0.467 e. The number of piperazine rings is 1. The standard InChI is InChI=1S/C17H19BrClN3O4S/c18-13-3-4-16(15(19)10-13)27(24,25)22-7-5-21(6-8-22)12-17(23)20-11-14-2-1-9-26-14/h1-4,9-10H,5-8,11-12H2,(H,20,23). The molecule has 1 aliphatic heterocycles. The second kappa shape index (κ2) is 8.74. The highest BCUT2D eigenvalue weighted by Crippen LogP contribution is 2.28. The molecule has 0 bridgehead atoms.